The first-order chi connectivity index (χ1) is 17.9. The Morgan fingerprint density at radius 3 is 2.65 bits per heavy atom. The van der Waals surface area contributed by atoms with Crippen LogP contribution in [0, 0.1) is 11.8 Å². The van der Waals surface area contributed by atoms with Crippen molar-refractivity contribution in [2.45, 2.75) is 25.8 Å². The Morgan fingerprint density at radius 1 is 1.08 bits per heavy atom. The number of nitrogens with two attached hydrogens (primary N) is 1. The van der Waals surface area contributed by atoms with Gasteiger partial charge in [0.15, 0.2) is 5.65 Å². The molecule has 2 atom stereocenters. The van der Waals surface area contributed by atoms with E-state index in [1.54, 1.807) is 16.5 Å². The molecule has 3 N–H and O–H groups in total. The van der Waals surface area contributed by atoms with E-state index < -0.39 is 0 Å². The summed E-state index contributed by atoms with van der Waals surface area (Å²) in [5.74, 6) is 1.02. The Bertz CT molecular complexity index is 1410. The molecule has 5 rings (SSSR count). The first-order valence-corrected chi connectivity index (χ1v) is 13.2. The third-order valence-corrected chi connectivity index (χ3v) is 7.75. The molecular weight excluding hydrogens is 507 g/mol. The molecule has 37 heavy (non-hydrogen) atoms. The van der Waals surface area contributed by atoms with Gasteiger partial charge in [0.1, 0.15) is 0 Å². The van der Waals surface area contributed by atoms with E-state index in [2.05, 4.69) is 51.7 Å². The Hall–Kier alpha value is -2.97. The molecule has 0 radical (unpaired) electrons. The van der Waals surface area contributed by atoms with Crippen molar-refractivity contribution in [1.82, 2.24) is 19.5 Å². The van der Waals surface area contributed by atoms with Crippen molar-refractivity contribution in [3.05, 3.63) is 82.0 Å². The Morgan fingerprint density at radius 2 is 1.89 bits per heavy atom. The minimum atomic E-state index is -0.0594. The molecule has 0 aliphatic carbocycles. The van der Waals surface area contributed by atoms with Gasteiger partial charge in [-0.25, -0.2) is 0 Å². The molecule has 1 saturated heterocycles. The van der Waals surface area contributed by atoms with Gasteiger partial charge in [-0.2, -0.15) is 0 Å². The number of benzene rings is 2. The van der Waals surface area contributed by atoms with Gasteiger partial charge in [0.25, 0.3) is 0 Å². The average molecular weight is 537 g/mol. The zero-order valence-electron chi connectivity index (χ0n) is 20.7. The molecule has 1 aliphatic rings. The van der Waals surface area contributed by atoms with Crippen molar-refractivity contribution in [3.8, 4) is 11.1 Å². The molecule has 2 aromatic heterocycles. The van der Waals surface area contributed by atoms with Gasteiger partial charge in [-0.1, -0.05) is 59.6 Å². The van der Waals surface area contributed by atoms with E-state index in [-0.39, 0.29) is 5.91 Å². The van der Waals surface area contributed by atoms with E-state index in [1.165, 1.54) is 5.56 Å². The van der Waals surface area contributed by atoms with Crippen LogP contribution >= 0.6 is 23.2 Å². The molecule has 1 aliphatic heterocycles. The summed E-state index contributed by atoms with van der Waals surface area (Å²) < 4.78 is 1.77. The highest BCUT2D eigenvalue weighted by Crippen LogP contribution is 2.34. The molecule has 1 amide bonds. The van der Waals surface area contributed by atoms with Crippen LogP contribution in [-0.2, 0) is 17.8 Å². The van der Waals surface area contributed by atoms with Gasteiger partial charge in [0, 0.05) is 46.9 Å². The van der Waals surface area contributed by atoms with Crippen LogP contribution < -0.4 is 11.1 Å². The number of anilines is 1. The number of halogens is 2. The van der Waals surface area contributed by atoms with E-state index in [0.29, 0.717) is 46.4 Å². The second-order valence-electron chi connectivity index (χ2n) is 9.81. The summed E-state index contributed by atoms with van der Waals surface area (Å²) >= 11 is 12.6. The van der Waals surface area contributed by atoms with Crippen molar-refractivity contribution < 1.29 is 4.79 Å². The van der Waals surface area contributed by atoms with Crippen LogP contribution in [0.5, 0.6) is 0 Å². The predicted molar refractivity (Wildman–Crippen MR) is 149 cm³/mol. The lowest BCUT2D eigenvalue weighted by molar-refractivity contribution is -0.118. The molecule has 2 unspecified atom stereocenters. The minimum absolute atomic E-state index is 0.0594. The summed E-state index contributed by atoms with van der Waals surface area (Å²) in [6.07, 6.45) is 4.26. The molecular formula is C28H30Cl2N6O. The third-order valence-electron chi connectivity index (χ3n) is 7.20. The molecule has 4 aromatic rings. The van der Waals surface area contributed by atoms with Gasteiger partial charge in [-0.3, -0.25) is 14.5 Å². The number of fused-ring (bicyclic) bond motifs is 1. The number of carbonyl (C=O) groups excluding carboxylic acids is 1. The number of nitrogens with zero attached hydrogens (tertiary/aromatic N) is 4. The average Bonchev–Trinajstić information content (AvgIpc) is 3.27. The quantitative estimate of drug-likeness (QED) is 0.334. The fraction of sp³-hybridized carbons (Fsp3) is 0.321. The van der Waals surface area contributed by atoms with Crippen LogP contribution in [-0.4, -0.2) is 45.5 Å². The molecule has 9 heteroatoms. The normalized spacial score (nSPS) is 18.3. The topological polar surface area (TPSA) is 88.5 Å². The van der Waals surface area contributed by atoms with Crippen molar-refractivity contribution in [2.24, 2.45) is 17.6 Å². The van der Waals surface area contributed by atoms with E-state index in [9.17, 15) is 4.79 Å². The van der Waals surface area contributed by atoms with Gasteiger partial charge in [0.2, 0.25) is 11.9 Å². The maximum atomic E-state index is 13.2. The smallest absolute Gasteiger partial charge is 0.235 e. The number of piperidine rings is 1. The van der Waals surface area contributed by atoms with E-state index in [0.717, 1.165) is 42.6 Å². The van der Waals surface area contributed by atoms with Crippen LogP contribution in [0.4, 0.5) is 5.95 Å². The largest absolute Gasteiger partial charge is 0.326 e. The summed E-state index contributed by atoms with van der Waals surface area (Å²) in [6.45, 7) is 2.27. The molecule has 0 saturated carbocycles. The van der Waals surface area contributed by atoms with Crippen molar-refractivity contribution >= 4 is 40.7 Å². The van der Waals surface area contributed by atoms with Gasteiger partial charge >= 0.3 is 0 Å². The Kier molecular flexibility index (Phi) is 7.76. The molecule has 0 bridgehead atoms. The first-order valence-electron chi connectivity index (χ1n) is 12.5. The predicted octanol–water partition coefficient (Wildman–Crippen LogP) is 5.30. The summed E-state index contributed by atoms with van der Waals surface area (Å²) in [7, 11) is 2.15. The maximum Gasteiger partial charge on any atom is 0.235 e. The lowest BCUT2D eigenvalue weighted by Crippen LogP contribution is -2.40. The number of amides is 1. The van der Waals surface area contributed by atoms with Crippen molar-refractivity contribution in [3.63, 3.8) is 0 Å². The van der Waals surface area contributed by atoms with Crippen LogP contribution in [0.1, 0.15) is 24.0 Å². The highest BCUT2D eigenvalue weighted by atomic mass is 35.5. The van der Waals surface area contributed by atoms with E-state index >= 15 is 0 Å². The number of nitrogens with one attached hydrogen (secondary N) is 1. The fourth-order valence-corrected chi connectivity index (χ4v) is 5.78. The highest BCUT2D eigenvalue weighted by molar-refractivity contribution is 6.36. The lowest BCUT2D eigenvalue weighted by Gasteiger charge is -2.36. The third kappa shape index (κ3) is 5.80. The lowest BCUT2D eigenvalue weighted by atomic mass is 9.79. The van der Waals surface area contributed by atoms with Crippen molar-refractivity contribution in [1.29, 1.82) is 0 Å². The number of hydrogen-bond donors (Lipinski definition) is 2. The molecule has 192 valence electrons. The maximum absolute atomic E-state index is 13.2. The number of rotatable bonds is 7. The van der Waals surface area contributed by atoms with Gasteiger partial charge < -0.3 is 10.6 Å². The fourth-order valence-electron chi connectivity index (χ4n) is 5.27. The number of carbonyl (C=O) groups is 1. The standard InChI is InChI=1S/C28H30Cl2N6O/c1-35-10-9-19(21(16-35)11-18-5-3-2-4-6-18)13-27(37)32-28-34-33-26-12-20(15-31)24(17-36(26)28)23-8-7-22(29)14-25(23)30/h2-8,12,14,17,19,21H,9-11,13,15-16,31H2,1H3,(H,32,34,37). The zero-order valence-corrected chi connectivity index (χ0v) is 22.2. The van der Waals surface area contributed by atoms with Crippen molar-refractivity contribution in [2.75, 3.05) is 25.5 Å². The number of hydrogen-bond acceptors (Lipinski definition) is 5. The number of likely N-dealkylation sites (tertiary alicyclic amines) is 1. The Labute approximate surface area is 226 Å². The monoisotopic (exact) mass is 536 g/mol. The summed E-state index contributed by atoms with van der Waals surface area (Å²) in [5, 5.41) is 12.6. The van der Waals surface area contributed by atoms with Gasteiger partial charge in [-0.15, -0.1) is 10.2 Å². The Balaban J connectivity index is 1.37. The number of aromatic nitrogens is 3. The molecule has 7 nitrogen and oxygen atoms in total. The van der Waals surface area contributed by atoms with E-state index in [1.807, 2.05) is 24.4 Å². The first kappa shape index (κ1) is 25.7. The summed E-state index contributed by atoms with van der Waals surface area (Å²) in [6, 6.07) is 17.7. The van der Waals surface area contributed by atoms with Crippen LogP contribution in [0.3, 0.4) is 0 Å². The molecule has 1 fully saturated rings. The number of pyridine rings is 1. The molecule has 0 spiro atoms. The van der Waals surface area contributed by atoms with Crippen LogP contribution in [0.25, 0.3) is 16.8 Å². The summed E-state index contributed by atoms with van der Waals surface area (Å²) in [4.78, 5) is 15.6. The summed E-state index contributed by atoms with van der Waals surface area (Å²) in [5.41, 5.74) is 10.4. The van der Waals surface area contributed by atoms with Crippen LogP contribution in [0.2, 0.25) is 10.0 Å². The highest BCUT2D eigenvalue weighted by Gasteiger charge is 2.30. The van der Waals surface area contributed by atoms with E-state index in [4.69, 9.17) is 28.9 Å². The SMILES string of the molecule is CN1CCC(CC(=O)Nc2nnc3cc(CN)c(-c4ccc(Cl)cc4Cl)cn23)C(Cc2ccccc2)C1. The molecule has 3 heterocycles. The zero-order chi connectivity index (χ0) is 25.9. The van der Waals surface area contributed by atoms with Gasteiger partial charge in [-0.05, 0) is 67.6 Å². The van der Waals surface area contributed by atoms with Crippen LogP contribution in [0.15, 0.2) is 60.8 Å². The second-order valence-corrected chi connectivity index (χ2v) is 10.6. The van der Waals surface area contributed by atoms with Gasteiger partial charge in [0.05, 0.1) is 0 Å². The minimum Gasteiger partial charge on any atom is -0.326 e. The molecule has 2 aromatic carbocycles. The second kappa shape index (κ2) is 11.2.